The van der Waals surface area contributed by atoms with Gasteiger partial charge in [-0.05, 0) is 54.7 Å². The molecular weight excluding hydrogens is 238 g/mol. The minimum atomic E-state index is -0.300. The van der Waals surface area contributed by atoms with Crippen LogP contribution in [0.4, 0.5) is 0 Å². The number of aliphatic hydroxyl groups excluding tert-OH is 1. The Morgan fingerprint density at radius 1 is 1.21 bits per heavy atom. The third-order valence-electron chi connectivity index (χ3n) is 4.97. The summed E-state index contributed by atoms with van der Waals surface area (Å²) >= 11 is 0. The number of rotatable bonds is 5. The van der Waals surface area contributed by atoms with E-state index < -0.39 is 0 Å². The number of hydrogen-bond acceptors (Lipinski definition) is 3. The highest BCUT2D eigenvalue weighted by Crippen LogP contribution is 2.56. The van der Waals surface area contributed by atoms with Gasteiger partial charge in [-0.25, -0.2) is 0 Å². The summed E-state index contributed by atoms with van der Waals surface area (Å²) in [4.78, 5) is 0. The van der Waals surface area contributed by atoms with E-state index in [4.69, 9.17) is 10.5 Å². The average Bonchev–Trinajstić information content (AvgIpc) is 3.06. The third-order valence-corrected chi connectivity index (χ3v) is 4.97. The van der Waals surface area contributed by atoms with Crippen molar-refractivity contribution in [1.29, 1.82) is 0 Å². The molecule has 0 amide bonds. The molecule has 3 nitrogen and oxygen atoms in total. The van der Waals surface area contributed by atoms with Crippen LogP contribution in [-0.4, -0.2) is 24.9 Å². The zero-order chi connectivity index (χ0) is 13.4. The number of nitrogens with two attached hydrogens (primary N) is 1. The zero-order valence-electron chi connectivity index (χ0n) is 11.5. The van der Waals surface area contributed by atoms with Crippen LogP contribution in [0, 0.1) is 17.8 Å². The molecule has 0 saturated heterocycles. The van der Waals surface area contributed by atoms with Gasteiger partial charge in [0.1, 0.15) is 5.75 Å². The molecule has 0 aliphatic heterocycles. The van der Waals surface area contributed by atoms with E-state index in [1.807, 2.05) is 24.3 Å². The van der Waals surface area contributed by atoms with Crippen LogP contribution in [-0.2, 0) is 0 Å². The standard InChI is InChI=1S/C16H23NO2/c1-19-14-4-2-10(3-5-14)15(9-17)16(18)13-7-11-6-12(11)8-13/h2-5,11-13,15-16,18H,6-9,17H2,1H3. The number of aliphatic hydroxyl groups is 1. The van der Waals surface area contributed by atoms with Gasteiger partial charge in [0, 0.05) is 12.5 Å². The highest BCUT2D eigenvalue weighted by molar-refractivity contribution is 5.30. The number of methoxy groups -OCH3 is 1. The van der Waals surface area contributed by atoms with E-state index in [1.54, 1.807) is 7.11 Å². The van der Waals surface area contributed by atoms with Crippen LogP contribution >= 0.6 is 0 Å². The summed E-state index contributed by atoms with van der Waals surface area (Å²) in [6.45, 7) is 0.499. The molecule has 3 N–H and O–H groups in total. The van der Waals surface area contributed by atoms with Crippen molar-refractivity contribution in [2.24, 2.45) is 23.5 Å². The van der Waals surface area contributed by atoms with Crippen LogP contribution < -0.4 is 10.5 Å². The largest absolute Gasteiger partial charge is 0.497 e. The summed E-state index contributed by atoms with van der Waals surface area (Å²) in [5.41, 5.74) is 7.02. The van der Waals surface area contributed by atoms with Crippen molar-refractivity contribution in [3.8, 4) is 5.75 Å². The van der Waals surface area contributed by atoms with E-state index >= 15 is 0 Å². The van der Waals surface area contributed by atoms with Gasteiger partial charge in [0.25, 0.3) is 0 Å². The molecule has 2 aliphatic rings. The molecule has 1 aromatic carbocycles. The Morgan fingerprint density at radius 3 is 2.37 bits per heavy atom. The maximum Gasteiger partial charge on any atom is 0.118 e. The van der Waals surface area contributed by atoms with Gasteiger partial charge in [0.15, 0.2) is 0 Å². The van der Waals surface area contributed by atoms with E-state index in [1.165, 1.54) is 19.3 Å². The van der Waals surface area contributed by atoms with Gasteiger partial charge in [0.05, 0.1) is 13.2 Å². The normalized spacial score (nSPS) is 31.6. The molecule has 0 bridgehead atoms. The van der Waals surface area contributed by atoms with Crippen molar-refractivity contribution >= 4 is 0 Å². The average molecular weight is 261 g/mol. The van der Waals surface area contributed by atoms with Crippen LogP contribution in [0.2, 0.25) is 0 Å². The Balaban J connectivity index is 1.71. The van der Waals surface area contributed by atoms with Crippen LogP contribution in [0.1, 0.15) is 30.7 Å². The first kappa shape index (κ1) is 12.9. The summed E-state index contributed by atoms with van der Waals surface area (Å²) in [5.74, 6) is 3.13. The fraction of sp³-hybridized carbons (Fsp3) is 0.625. The van der Waals surface area contributed by atoms with Gasteiger partial charge in [-0.3, -0.25) is 0 Å². The SMILES string of the molecule is COc1ccc(C(CN)C(O)C2CC3CC3C2)cc1. The molecule has 2 aliphatic carbocycles. The fourth-order valence-corrected chi connectivity index (χ4v) is 3.69. The molecule has 19 heavy (non-hydrogen) atoms. The zero-order valence-corrected chi connectivity index (χ0v) is 11.5. The van der Waals surface area contributed by atoms with Gasteiger partial charge in [-0.2, -0.15) is 0 Å². The van der Waals surface area contributed by atoms with Crippen LogP contribution in [0.5, 0.6) is 5.75 Å². The molecular formula is C16H23NO2. The van der Waals surface area contributed by atoms with Crippen LogP contribution in [0.15, 0.2) is 24.3 Å². The molecule has 0 radical (unpaired) electrons. The smallest absolute Gasteiger partial charge is 0.118 e. The second-order valence-electron chi connectivity index (χ2n) is 6.09. The minimum Gasteiger partial charge on any atom is -0.497 e. The lowest BCUT2D eigenvalue weighted by molar-refractivity contribution is 0.0790. The highest BCUT2D eigenvalue weighted by Gasteiger charge is 2.48. The van der Waals surface area contributed by atoms with E-state index in [0.717, 1.165) is 23.1 Å². The molecule has 3 heteroatoms. The maximum atomic E-state index is 10.6. The predicted octanol–water partition coefficient (Wildman–Crippen LogP) is 2.14. The van der Waals surface area contributed by atoms with E-state index in [0.29, 0.717) is 12.5 Å². The molecule has 4 unspecified atom stereocenters. The molecule has 1 aromatic rings. The predicted molar refractivity (Wildman–Crippen MR) is 75.1 cm³/mol. The third kappa shape index (κ3) is 2.49. The van der Waals surface area contributed by atoms with Crippen molar-refractivity contribution in [2.75, 3.05) is 13.7 Å². The molecule has 0 aromatic heterocycles. The first-order valence-electron chi connectivity index (χ1n) is 7.25. The number of benzene rings is 1. The summed E-state index contributed by atoms with van der Waals surface area (Å²) in [7, 11) is 1.66. The van der Waals surface area contributed by atoms with Crippen molar-refractivity contribution in [3.63, 3.8) is 0 Å². The summed E-state index contributed by atoms with van der Waals surface area (Å²) < 4.78 is 5.17. The van der Waals surface area contributed by atoms with Crippen molar-refractivity contribution in [2.45, 2.75) is 31.3 Å². The van der Waals surface area contributed by atoms with E-state index in [2.05, 4.69) is 0 Å². The first-order valence-corrected chi connectivity index (χ1v) is 7.25. The lowest BCUT2D eigenvalue weighted by atomic mass is 9.83. The Morgan fingerprint density at radius 2 is 1.84 bits per heavy atom. The summed E-state index contributed by atoms with van der Waals surface area (Å²) in [5, 5.41) is 10.6. The molecule has 104 valence electrons. The Hall–Kier alpha value is -1.06. The second kappa shape index (κ2) is 5.14. The molecule has 4 atom stereocenters. The van der Waals surface area contributed by atoms with Gasteiger partial charge in [-0.1, -0.05) is 12.1 Å². The molecule has 2 fully saturated rings. The van der Waals surface area contributed by atoms with E-state index in [-0.39, 0.29) is 12.0 Å². The molecule has 2 saturated carbocycles. The monoisotopic (exact) mass is 261 g/mol. The van der Waals surface area contributed by atoms with Crippen molar-refractivity contribution in [3.05, 3.63) is 29.8 Å². The van der Waals surface area contributed by atoms with Crippen molar-refractivity contribution in [1.82, 2.24) is 0 Å². The second-order valence-corrected chi connectivity index (χ2v) is 6.09. The molecule has 0 spiro atoms. The Labute approximate surface area is 114 Å². The first-order chi connectivity index (χ1) is 9.22. The van der Waals surface area contributed by atoms with Crippen LogP contribution in [0.3, 0.4) is 0 Å². The van der Waals surface area contributed by atoms with Crippen molar-refractivity contribution < 1.29 is 9.84 Å². The van der Waals surface area contributed by atoms with Gasteiger partial charge in [0.2, 0.25) is 0 Å². The molecule has 0 heterocycles. The van der Waals surface area contributed by atoms with Gasteiger partial charge in [-0.15, -0.1) is 0 Å². The summed E-state index contributed by atoms with van der Waals surface area (Å²) in [6.07, 6.45) is 3.47. The number of ether oxygens (including phenoxy) is 1. The lowest BCUT2D eigenvalue weighted by Crippen LogP contribution is -2.32. The summed E-state index contributed by atoms with van der Waals surface area (Å²) in [6, 6.07) is 7.93. The van der Waals surface area contributed by atoms with E-state index in [9.17, 15) is 5.11 Å². The fourth-order valence-electron chi connectivity index (χ4n) is 3.69. The minimum absolute atomic E-state index is 0.0495. The van der Waals surface area contributed by atoms with Gasteiger partial charge < -0.3 is 15.6 Å². The highest BCUT2D eigenvalue weighted by atomic mass is 16.5. The lowest BCUT2D eigenvalue weighted by Gasteiger charge is -2.28. The topological polar surface area (TPSA) is 55.5 Å². The van der Waals surface area contributed by atoms with Crippen LogP contribution in [0.25, 0.3) is 0 Å². The quantitative estimate of drug-likeness (QED) is 0.854. The van der Waals surface area contributed by atoms with Gasteiger partial charge >= 0.3 is 0 Å². The Bertz CT molecular complexity index is 421. The number of hydrogen-bond donors (Lipinski definition) is 2. The Kier molecular flexibility index (Phi) is 3.50. The number of fused-ring (bicyclic) bond motifs is 1. The molecule has 3 rings (SSSR count). The maximum absolute atomic E-state index is 10.6.